The van der Waals surface area contributed by atoms with Gasteiger partial charge in [-0.2, -0.15) is 0 Å². The zero-order chi connectivity index (χ0) is 25.5. The molecule has 0 unspecified atom stereocenters. The van der Waals surface area contributed by atoms with Crippen molar-refractivity contribution in [1.82, 2.24) is 0 Å². The zero-order valence-corrected chi connectivity index (χ0v) is 19.9. The average Bonchev–Trinajstić information content (AvgIpc) is 3.00. The van der Waals surface area contributed by atoms with Gasteiger partial charge < -0.3 is 20.1 Å². The van der Waals surface area contributed by atoms with Crippen LogP contribution in [0.3, 0.4) is 0 Å². The molecule has 190 valence electrons. The summed E-state index contributed by atoms with van der Waals surface area (Å²) in [6.07, 6.45) is 11.7. The Hall–Kier alpha value is -2.97. The maximum atomic E-state index is 11.5. The molecule has 3 N–H and O–H groups in total. The van der Waals surface area contributed by atoms with Crippen LogP contribution in [0, 0.1) is 0 Å². The molecule has 0 atom stereocenters. The van der Waals surface area contributed by atoms with Crippen molar-refractivity contribution in [2.45, 2.75) is 103 Å². The minimum atomic E-state index is -1.50. The van der Waals surface area contributed by atoms with Crippen molar-refractivity contribution in [3.05, 3.63) is 22.3 Å². The van der Waals surface area contributed by atoms with Gasteiger partial charge in [-0.1, -0.05) is 64.2 Å². The van der Waals surface area contributed by atoms with Crippen LogP contribution in [-0.2, 0) is 28.7 Å². The molecule has 34 heavy (non-hydrogen) atoms. The molecule has 9 heteroatoms. The number of carbonyl (C=O) groups excluding carboxylic acids is 2. The summed E-state index contributed by atoms with van der Waals surface area (Å²) < 4.78 is 4.58. The first-order valence-corrected chi connectivity index (χ1v) is 12.0. The van der Waals surface area contributed by atoms with Crippen LogP contribution >= 0.6 is 0 Å². The van der Waals surface area contributed by atoms with Crippen molar-refractivity contribution >= 4 is 29.8 Å². The largest absolute Gasteiger partial charge is 0.481 e. The molecule has 1 aliphatic rings. The summed E-state index contributed by atoms with van der Waals surface area (Å²) in [5, 5.41) is 27.1. The van der Waals surface area contributed by atoms with Gasteiger partial charge in [-0.25, -0.2) is 19.2 Å². The lowest BCUT2D eigenvalue weighted by atomic mass is 9.98. The summed E-state index contributed by atoms with van der Waals surface area (Å²) in [7, 11) is 0. The van der Waals surface area contributed by atoms with Gasteiger partial charge in [-0.05, 0) is 32.6 Å². The Labute approximate surface area is 199 Å². The second-order valence-corrected chi connectivity index (χ2v) is 8.66. The van der Waals surface area contributed by atoms with Crippen LogP contribution in [0.25, 0.3) is 0 Å². The van der Waals surface area contributed by atoms with Gasteiger partial charge in [0, 0.05) is 16.7 Å². The molecule has 0 bridgehead atoms. The molecular weight excluding hydrogens is 444 g/mol. The number of rotatable bonds is 19. The molecule has 0 aliphatic carbocycles. The number of cyclic esters (lactones) is 2. The fourth-order valence-corrected chi connectivity index (χ4v) is 4.01. The van der Waals surface area contributed by atoms with E-state index in [0.29, 0.717) is 24.0 Å². The van der Waals surface area contributed by atoms with Gasteiger partial charge in [0.1, 0.15) is 0 Å². The highest BCUT2D eigenvalue weighted by molar-refractivity contribution is 6.12. The average molecular weight is 481 g/mol. The Bertz CT molecular complexity index is 820. The maximum absolute atomic E-state index is 11.5. The number of ether oxygens (including phenoxy) is 1. The monoisotopic (exact) mass is 480 g/mol. The molecule has 1 heterocycles. The Morgan fingerprint density at radius 2 is 1.09 bits per heavy atom. The van der Waals surface area contributed by atoms with E-state index < -0.39 is 41.8 Å². The number of carboxylic acid groups (broad SMARTS) is 3. The van der Waals surface area contributed by atoms with E-state index in [0.717, 1.165) is 70.6 Å². The zero-order valence-electron chi connectivity index (χ0n) is 19.9. The van der Waals surface area contributed by atoms with Crippen LogP contribution in [0.1, 0.15) is 103 Å². The fraction of sp³-hybridized carbons (Fsp3) is 0.640. The first kappa shape index (κ1) is 29.1. The van der Waals surface area contributed by atoms with Gasteiger partial charge in [-0.15, -0.1) is 0 Å². The predicted molar refractivity (Wildman–Crippen MR) is 123 cm³/mol. The summed E-state index contributed by atoms with van der Waals surface area (Å²) >= 11 is 0. The number of unbranched alkanes of at least 4 members (excludes halogenated alkanes) is 11. The Kier molecular flexibility index (Phi) is 13.5. The minimum absolute atomic E-state index is 0.0542. The van der Waals surface area contributed by atoms with Crippen LogP contribution in [0.2, 0.25) is 0 Å². The molecule has 0 spiro atoms. The van der Waals surface area contributed by atoms with E-state index >= 15 is 0 Å². The van der Waals surface area contributed by atoms with Crippen molar-refractivity contribution in [3.8, 4) is 0 Å². The first-order valence-electron chi connectivity index (χ1n) is 12.0. The van der Waals surface area contributed by atoms with E-state index in [1.54, 1.807) is 6.92 Å². The highest BCUT2D eigenvalue weighted by Gasteiger charge is 2.28. The summed E-state index contributed by atoms with van der Waals surface area (Å²) in [6.45, 7) is 1.63. The highest BCUT2D eigenvalue weighted by Crippen LogP contribution is 2.23. The van der Waals surface area contributed by atoms with Gasteiger partial charge in [0.15, 0.2) is 0 Å². The third kappa shape index (κ3) is 10.8. The topological polar surface area (TPSA) is 155 Å². The molecule has 9 nitrogen and oxygen atoms in total. The normalized spacial score (nSPS) is 14.3. The van der Waals surface area contributed by atoms with Gasteiger partial charge in [0.25, 0.3) is 0 Å². The summed E-state index contributed by atoms with van der Waals surface area (Å²) in [5.74, 6) is -5.25. The molecule has 1 aliphatic heterocycles. The van der Waals surface area contributed by atoms with Crippen molar-refractivity contribution in [2.24, 2.45) is 0 Å². The van der Waals surface area contributed by atoms with Gasteiger partial charge in [-0.3, -0.25) is 4.79 Å². The van der Waals surface area contributed by atoms with Crippen LogP contribution in [0.4, 0.5) is 0 Å². The van der Waals surface area contributed by atoms with E-state index in [1.165, 1.54) is 0 Å². The second kappa shape index (κ2) is 15.8. The SMILES string of the molecule is CC1=C(CCCCCCCCCCCCCCC(C(=O)O)=C(CC(=O)O)C(=O)O)C(=O)OC1=O. The third-order valence-electron chi connectivity index (χ3n) is 6.00. The molecule has 0 radical (unpaired) electrons. The number of hydrogen-bond donors (Lipinski definition) is 3. The maximum Gasteiger partial charge on any atom is 0.342 e. The van der Waals surface area contributed by atoms with E-state index in [9.17, 15) is 29.1 Å². The Morgan fingerprint density at radius 3 is 1.47 bits per heavy atom. The number of esters is 2. The van der Waals surface area contributed by atoms with E-state index in [4.69, 9.17) is 10.2 Å². The number of carbonyl (C=O) groups is 5. The van der Waals surface area contributed by atoms with Gasteiger partial charge in [0.05, 0.1) is 12.0 Å². The molecule has 0 aromatic heterocycles. The molecule has 0 saturated carbocycles. The predicted octanol–water partition coefficient (Wildman–Crippen LogP) is 4.79. The van der Waals surface area contributed by atoms with Gasteiger partial charge >= 0.3 is 29.8 Å². The lowest BCUT2D eigenvalue weighted by Gasteiger charge is -2.07. The van der Waals surface area contributed by atoms with Crippen LogP contribution in [0.5, 0.6) is 0 Å². The lowest BCUT2D eigenvalue weighted by molar-refractivity contribution is -0.151. The van der Waals surface area contributed by atoms with Crippen LogP contribution in [-0.4, -0.2) is 45.2 Å². The highest BCUT2D eigenvalue weighted by atomic mass is 16.6. The summed E-state index contributed by atoms with van der Waals surface area (Å²) in [5.41, 5.74) is 0.0801. The van der Waals surface area contributed by atoms with E-state index in [2.05, 4.69) is 4.74 Å². The van der Waals surface area contributed by atoms with Crippen LogP contribution in [0.15, 0.2) is 22.3 Å². The minimum Gasteiger partial charge on any atom is -0.481 e. The quantitative estimate of drug-likeness (QED) is 0.102. The number of hydrogen-bond acceptors (Lipinski definition) is 6. The molecular formula is C25H36O9. The van der Waals surface area contributed by atoms with Crippen molar-refractivity contribution in [2.75, 3.05) is 0 Å². The third-order valence-corrected chi connectivity index (χ3v) is 6.00. The number of aliphatic carboxylic acids is 3. The van der Waals surface area contributed by atoms with E-state index in [-0.39, 0.29) is 12.0 Å². The second-order valence-electron chi connectivity index (χ2n) is 8.66. The molecule has 0 aromatic carbocycles. The van der Waals surface area contributed by atoms with Crippen molar-refractivity contribution in [1.29, 1.82) is 0 Å². The van der Waals surface area contributed by atoms with E-state index in [1.807, 2.05) is 0 Å². The van der Waals surface area contributed by atoms with Gasteiger partial charge in [0.2, 0.25) is 0 Å². The lowest BCUT2D eigenvalue weighted by Crippen LogP contribution is -2.14. The molecule has 0 saturated heterocycles. The molecule has 0 amide bonds. The molecule has 0 fully saturated rings. The Morgan fingerprint density at radius 1 is 0.647 bits per heavy atom. The molecule has 1 rings (SSSR count). The van der Waals surface area contributed by atoms with Crippen molar-refractivity contribution in [3.63, 3.8) is 0 Å². The van der Waals surface area contributed by atoms with Crippen molar-refractivity contribution < 1.29 is 44.0 Å². The fourth-order valence-electron chi connectivity index (χ4n) is 4.01. The smallest absolute Gasteiger partial charge is 0.342 e. The first-order chi connectivity index (χ1) is 16.1. The summed E-state index contributed by atoms with van der Waals surface area (Å²) in [4.78, 5) is 56.1. The van der Waals surface area contributed by atoms with Crippen LogP contribution < -0.4 is 0 Å². The Balaban J connectivity index is 2.06. The molecule has 0 aromatic rings. The summed E-state index contributed by atoms with van der Waals surface area (Å²) in [6, 6.07) is 0. The number of carboxylic acids is 3. The standard InChI is InChI=1S/C25H36O9/c1-17-18(25(33)34-24(17)32)14-12-10-8-6-4-2-3-5-7-9-11-13-15-19(22(28)29)20(23(30)31)16-21(26)27/h2-16H2,1H3,(H,26,27)(H,28,29)(H,30,31).